The number of benzene rings is 1. The molecular weight excluding hydrogens is 529 g/mol. The van der Waals surface area contributed by atoms with Gasteiger partial charge in [-0.15, -0.1) is 0 Å². The number of carbonyl (C=O) groups excluding carboxylic acids is 1. The van der Waals surface area contributed by atoms with E-state index in [1.807, 2.05) is 18.3 Å². The Kier molecular flexibility index (Phi) is 7.82. The molecule has 2 fully saturated rings. The summed E-state index contributed by atoms with van der Waals surface area (Å²) in [6, 6.07) is 8.63. The quantitative estimate of drug-likeness (QED) is 0.471. The maximum Gasteiger partial charge on any atom is 0.231 e. The number of hydrogen-bond acceptors (Lipinski definition) is 6. The van der Waals surface area contributed by atoms with E-state index in [1.165, 1.54) is 25.3 Å². The van der Waals surface area contributed by atoms with E-state index in [0.717, 1.165) is 55.6 Å². The zero-order valence-electron chi connectivity index (χ0n) is 23.0. The standard InChI is InChI=1S/C31H37ClFN5O2/c1-31(35-19-24(32)20-36-31)37-13-8-21(9-14-37)26-16-22(26)10-15-40-25-7-6-23(27(33)18-25)17-30(39)38-12-3-4-28-29(38)5-2-11-34-28/h2,5-7,11,18-22,26,35H,3-4,8-10,12-17H2,1H3/t22-,26-,31?/m1/s1. The average molecular weight is 566 g/mol. The Balaban J connectivity index is 0.938. The molecule has 2 aromatic rings. The minimum atomic E-state index is -0.408. The van der Waals surface area contributed by atoms with Gasteiger partial charge in [0.15, 0.2) is 5.79 Å². The number of aryl methyl sites for hydroxylation is 1. The molecule has 1 aromatic heterocycles. The number of anilines is 1. The molecule has 0 radical (unpaired) electrons. The van der Waals surface area contributed by atoms with Crippen molar-refractivity contribution >= 4 is 29.4 Å². The molecule has 1 aromatic carbocycles. The van der Waals surface area contributed by atoms with Gasteiger partial charge in [0.1, 0.15) is 11.6 Å². The average Bonchev–Trinajstić information content (AvgIpc) is 3.75. The number of nitrogens with one attached hydrogen (secondary N) is 1. The van der Waals surface area contributed by atoms with Crippen LogP contribution in [0.4, 0.5) is 10.1 Å². The fourth-order valence-corrected chi connectivity index (χ4v) is 6.69. The van der Waals surface area contributed by atoms with Crippen molar-refractivity contribution in [2.45, 2.75) is 57.7 Å². The van der Waals surface area contributed by atoms with Crippen molar-refractivity contribution < 1.29 is 13.9 Å². The minimum Gasteiger partial charge on any atom is -0.493 e. The summed E-state index contributed by atoms with van der Waals surface area (Å²) < 4.78 is 20.8. The van der Waals surface area contributed by atoms with Gasteiger partial charge < -0.3 is 15.0 Å². The molecule has 1 saturated carbocycles. The van der Waals surface area contributed by atoms with Crippen molar-refractivity contribution in [3.05, 3.63) is 64.8 Å². The smallest absolute Gasteiger partial charge is 0.231 e. The Morgan fingerprint density at radius 2 is 2.10 bits per heavy atom. The third-order valence-corrected chi connectivity index (χ3v) is 9.24. The number of halogens is 2. The molecule has 4 heterocycles. The van der Waals surface area contributed by atoms with E-state index in [1.54, 1.807) is 29.4 Å². The summed E-state index contributed by atoms with van der Waals surface area (Å²) in [5.74, 6) is 1.80. The zero-order valence-corrected chi connectivity index (χ0v) is 23.7. The van der Waals surface area contributed by atoms with Crippen molar-refractivity contribution in [3.8, 4) is 5.75 Å². The van der Waals surface area contributed by atoms with Crippen LogP contribution < -0.4 is 15.0 Å². The number of ether oxygens (including phenoxy) is 1. The van der Waals surface area contributed by atoms with Crippen LogP contribution in [0.25, 0.3) is 0 Å². The number of rotatable bonds is 8. The second-order valence-corrected chi connectivity index (χ2v) is 12.1. The Morgan fingerprint density at radius 3 is 2.88 bits per heavy atom. The molecule has 7 nitrogen and oxygen atoms in total. The molecule has 0 bridgehead atoms. The molecule has 3 atom stereocenters. The molecule has 212 valence electrons. The number of nitrogens with zero attached hydrogens (tertiary/aromatic N) is 4. The molecule has 0 spiro atoms. The fraction of sp³-hybridized carbons (Fsp3) is 0.516. The maximum absolute atomic E-state index is 14.9. The van der Waals surface area contributed by atoms with Gasteiger partial charge >= 0.3 is 0 Å². The highest BCUT2D eigenvalue weighted by molar-refractivity contribution is 6.39. The number of aliphatic imine (C=N–C) groups is 1. The minimum absolute atomic E-state index is 0.0228. The summed E-state index contributed by atoms with van der Waals surface area (Å²) in [5.41, 5.74) is 2.17. The van der Waals surface area contributed by atoms with Crippen LogP contribution in [0.15, 0.2) is 52.8 Å². The number of fused-ring (bicyclic) bond motifs is 1. The van der Waals surface area contributed by atoms with Gasteiger partial charge in [-0.2, -0.15) is 0 Å². The Hall–Kier alpha value is -2.97. The topological polar surface area (TPSA) is 70.1 Å². The number of allylic oxidation sites excluding steroid dienone is 1. The van der Waals surface area contributed by atoms with Gasteiger partial charge in [0.25, 0.3) is 0 Å². The lowest BCUT2D eigenvalue weighted by Crippen LogP contribution is -2.57. The molecule has 1 saturated heterocycles. The van der Waals surface area contributed by atoms with Gasteiger partial charge in [0.05, 0.1) is 29.4 Å². The van der Waals surface area contributed by atoms with E-state index in [9.17, 15) is 9.18 Å². The van der Waals surface area contributed by atoms with Crippen LogP contribution in [0.2, 0.25) is 0 Å². The Labute approximate surface area is 240 Å². The zero-order chi connectivity index (χ0) is 27.7. The molecule has 40 heavy (non-hydrogen) atoms. The second-order valence-electron chi connectivity index (χ2n) is 11.6. The summed E-state index contributed by atoms with van der Waals surface area (Å²) in [6.07, 6.45) is 11.7. The first-order chi connectivity index (χ1) is 19.4. The summed E-state index contributed by atoms with van der Waals surface area (Å²) in [7, 11) is 0. The van der Waals surface area contributed by atoms with Crippen molar-refractivity contribution in [1.29, 1.82) is 0 Å². The van der Waals surface area contributed by atoms with E-state index >= 15 is 0 Å². The van der Waals surface area contributed by atoms with Crippen LogP contribution in [-0.2, 0) is 17.6 Å². The lowest BCUT2D eigenvalue weighted by molar-refractivity contribution is -0.118. The molecule has 1 amide bonds. The van der Waals surface area contributed by atoms with Gasteiger partial charge in [-0.3, -0.25) is 14.7 Å². The number of likely N-dealkylation sites (tertiary alicyclic amines) is 1. The van der Waals surface area contributed by atoms with Gasteiger partial charge in [-0.05, 0) is 87.0 Å². The van der Waals surface area contributed by atoms with Crippen LogP contribution in [-0.4, -0.2) is 54.0 Å². The maximum atomic E-state index is 14.9. The van der Waals surface area contributed by atoms with Gasteiger partial charge in [-0.1, -0.05) is 17.7 Å². The normalized spacial score (nSPS) is 26.6. The third-order valence-electron chi connectivity index (χ3n) is 9.04. The first-order valence-electron chi connectivity index (χ1n) is 14.5. The highest BCUT2D eigenvalue weighted by Crippen LogP contribution is 2.50. The summed E-state index contributed by atoms with van der Waals surface area (Å²) in [6.45, 7) is 5.36. The van der Waals surface area contributed by atoms with E-state index in [-0.39, 0.29) is 12.3 Å². The second kappa shape index (κ2) is 11.5. The predicted octanol–water partition coefficient (Wildman–Crippen LogP) is 5.29. The summed E-state index contributed by atoms with van der Waals surface area (Å²) in [4.78, 5) is 26.1. The molecule has 3 aliphatic heterocycles. The SMILES string of the molecule is CC1(N2CCC([C@H]3C[C@H]3CCOc3ccc(CC(=O)N4CCCc5ncccc54)c(F)c3)CC2)N=CC(Cl)=CN1. The number of pyridine rings is 1. The Bertz CT molecular complexity index is 1310. The van der Waals surface area contributed by atoms with Crippen LogP contribution in [0.3, 0.4) is 0 Å². The van der Waals surface area contributed by atoms with E-state index in [0.29, 0.717) is 35.4 Å². The van der Waals surface area contributed by atoms with Crippen molar-refractivity contribution in [3.63, 3.8) is 0 Å². The summed E-state index contributed by atoms with van der Waals surface area (Å²) >= 11 is 6.01. The van der Waals surface area contributed by atoms with E-state index in [2.05, 4.69) is 27.1 Å². The first kappa shape index (κ1) is 27.2. The van der Waals surface area contributed by atoms with Crippen molar-refractivity contribution in [1.82, 2.24) is 15.2 Å². The molecule has 1 N–H and O–H groups in total. The summed E-state index contributed by atoms with van der Waals surface area (Å²) in [5, 5.41) is 3.96. The molecule has 9 heteroatoms. The lowest BCUT2D eigenvalue weighted by Gasteiger charge is -2.43. The number of carbonyl (C=O) groups is 1. The van der Waals surface area contributed by atoms with Crippen LogP contribution >= 0.6 is 11.6 Å². The van der Waals surface area contributed by atoms with Crippen LogP contribution in [0.1, 0.15) is 50.3 Å². The van der Waals surface area contributed by atoms with Crippen molar-refractivity contribution in [2.75, 3.05) is 31.1 Å². The predicted molar refractivity (Wildman–Crippen MR) is 155 cm³/mol. The lowest BCUT2D eigenvalue weighted by atomic mass is 9.90. The first-order valence-corrected chi connectivity index (χ1v) is 14.9. The van der Waals surface area contributed by atoms with Crippen LogP contribution in [0.5, 0.6) is 5.75 Å². The molecule has 4 aliphatic rings. The fourth-order valence-electron chi connectivity index (χ4n) is 6.58. The van der Waals surface area contributed by atoms with Gasteiger partial charge in [0, 0.05) is 44.3 Å². The van der Waals surface area contributed by atoms with Crippen molar-refractivity contribution in [2.24, 2.45) is 22.7 Å². The van der Waals surface area contributed by atoms with E-state index < -0.39 is 11.6 Å². The van der Waals surface area contributed by atoms with Gasteiger partial charge in [0.2, 0.25) is 5.91 Å². The van der Waals surface area contributed by atoms with Gasteiger partial charge in [-0.25, -0.2) is 9.38 Å². The number of hydrogen-bond donors (Lipinski definition) is 1. The highest BCUT2D eigenvalue weighted by atomic mass is 35.5. The number of amides is 1. The third kappa shape index (κ3) is 5.88. The monoisotopic (exact) mass is 565 g/mol. The molecule has 1 aliphatic carbocycles. The number of aromatic nitrogens is 1. The highest BCUT2D eigenvalue weighted by Gasteiger charge is 2.45. The molecule has 6 rings (SSSR count). The number of piperidine rings is 1. The Morgan fingerprint density at radius 1 is 1.25 bits per heavy atom. The molecular formula is C31H37ClFN5O2. The van der Waals surface area contributed by atoms with E-state index in [4.69, 9.17) is 16.3 Å². The largest absolute Gasteiger partial charge is 0.493 e. The van der Waals surface area contributed by atoms with Crippen LogP contribution in [0, 0.1) is 23.6 Å². The molecule has 1 unspecified atom stereocenters.